The molecule has 2 saturated carbocycles. The predicted molar refractivity (Wildman–Crippen MR) is 81.2 cm³/mol. The quantitative estimate of drug-likeness (QED) is 0.795. The van der Waals surface area contributed by atoms with Crippen LogP contribution in [0, 0.1) is 17.8 Å². The molecule has 2 fully saturated rings. The maximum atomic E-state index is 9.54. The molecule has 0 bridgehead atoms. The van der Waals surface area contributed by atoms with E-state index in [1.54, 1.807) is 0 Å². The van der Waals surface area contributed by atoms with E-state index >= 15 is 0 Å². The minimum Gasteiger partial charge on any atom is -0.393 e. The van der Waals surface area contributed by atoms with E-state index in [0.29, 0.717) is 0 Å². The summed E-state index contributed by atoms with van der Waals surface area (Å²) in [6.07, 6.45) is 11.5. The zero-order chi connectivity index (χ0) is 13.7. The molecule has 2 unspecified atom stereocenters. The molecule has 0 radical (unpaired) electrons. The van der Waals surface area contributed by atoms with E-state index in [-0.39, 0.29) is 6.10 Å². The van der Waals surface area contributed by atoms with Gasteiger partial charge in [0.2, 0.25) is 0 Å². The van der Waals surface area contributed by atoms with Gasteiger partial charge in [0.15, 0.2) is 0 Å². The van der Waals surface area contributed by atoms with Gasteiger partial charge in [0, 0.05) is 6.04 Å². The summed E-state index contributed by atoms with van der Waals surface area (Å²) >= 11 is 0. The lowest BCUT2D eigenvalue weighted by Gasteiger charge is -2.33. The van der Waals surface area contributed by atoms with Gasteiger partial charge in [0.25, 0.3) is 0 Å². The average molecular weight is 267 g/mol. The summed E-state index contributed by atoms with van der Waals surface area (Å²) in [6, 6.07) is 0.768. The highest BCUT2D eigenvalue weighted by molar-refractivity contribution is 4.81. The van der Waals surface area contributed by atoms with Crippen molar-refractivity contribution in [2.24, 2.45) is 17.8 Å². The monoisotopic (exact) mass is 267 g/mol. The van der Waals surface area contributed by atoms with Gasteiger partial charge < -0.3 is 10.4 Å². The number of rotatable bonds is 5. The maximum Gasteiger partial charge on any atom is 0.0540 e. The third kappa shape index (κ3) is 5.43. The van der Waals surface area contributed by atoms with Gasteiger partial charge in [-0.1, -0.05) is 26.7 Å². The highest BCUT2D eigenvalue weighted by Crippen LogP contribution is 2.30. The van der Waals surface area contributed by atoms with Gasteiger partial charge in [0.1, 0.15) is 0 Å². The highest BCUT2D eigenvalue weighted by Gasteiger charge is 2.24. The van der Waals surface area contributed by atoms with Crippen molar-refractivity contribution < 1.29 is 5.11 Å². The summed E-state index contributed by atoms with van der Waals surface area (Å²) in [5.41, 5.74) is 0. The van der Waals surface area contributed by atoms with Crippen LogP contribution in [0.5, 0.6) is 0 Å². The zero-order valence-corrected chi connectivity index (χ0v) is 12.9. The number of hydrogen-bond donors (Lipinski definition) is 2. The average Bonchev–Trinajstić information content (AvgIpc) is 2.38. The van der Waals surface area contributed by atoms with E-state index in [2.05, 4.69) is 19.2 Å². The number of aliphatic hydroxyl groups excluding tert-OH is 1. The fourth-order valence-corrected chi connectivity index (χ4v) is 4.04. The van der Waals surface area contributed by atoms with Crippen LogP contribution in [-0.4, -0.2) is 23.8 Å². The Hall–Kier alpha value is -0.0800. The lowest BCUT2D eigenvalue weighted by atomic mass is 9.80. The molecule has 2 N–H and O–H groups in total. The molecule has 19 heavy (non-hydrogen) atoms. The van der Waals surface area contributed by atoms with Crippen molar-refractivity contribution in [3.05, 3.63) is 0 Å². The van der Waals surface area contributed by atoms with Gasteiger partial charge in [-0.25, -0.2) is 0 Å². The van der Waals surface area contributed by atoms with Crippen LogP contribution in [-0.2, 0) is 0 Å². The van der Waals surface area contributed by atoms with Crippen molar-refractivity contribution in [2.75, 3.05) is 6.54 Å². The Kier molecular flexibility index (Phi) is 6.15. The first-order valence-corrected chi connectivity index (χ1v) is 8.55. The SMILES string of the molecule is CC(C)CC1CCCC(NCC2CCC(O)CC2)C1. The molecule has 2 atom stereocenters. The van der Waals surface area contributed by atoms with Crippen LogP contribution >= 0.6 is 0 Å². The van der Waals surface area contributed by atoms with Gasteiger partial charge >= 0.3 is 0 Å². The highest BCUT2D eigenvalue weighted by atomic mass is 16.3. The molecule has 0 spiro atoms. The van der Waals surface area contributed by atoms with Gasteiger partial charge in [-0.2, -0.15) is 0 Å². The minimum atomic E-state index is -0.0126. The largest absolute Gasteiger partial charge is 0.393 e. The van der Waals surface area contributed by atoms with E-state index in [1.165, 1.54) is 51.5 Å². The topological polar surface area (TPSA) is 32.3 Å². The molecule has 112 valence electrons. The van der Waals surface area contributed by atoms with Gasteiger partial charge in [-0.3, -0.25) is 0 Å². The zero-order valence-electron chi connectivity index (χ0n) is 12.9. The van der Waals surface area contributed by atoms with E-state index in [4.69, 9.17) is 0 Å². The molecule has 0 aromatic carbocycles. The minimum absolute atomic E-state index is 0.0126. The van der Waals surface area contributed by atoms with Crippen LogP contribution in [0.1, 0.15) is 71.6 Å². The Balaban J connectivity index is 1.65. The first-order chi connectivity index (χ1) is 9.13. The molecule has 2 heteroatoms. The van der Waals surface area contributed by atoms with E-state index in [1.807, 2.05) is 0 Å². The number of nitrogens with one attached hydrogen (secondary N) is 1. The molecule has 0 saturated heterocycles. The summed E-state index contributed by atoms with van der Waals surface area (Å²) in [7, 11) is 0. The van der Waals surface area contributed by atoms with E-state index < -0.39 is 0 Å². The molecule has 0 heterocycles. The van der Waals surface area contributed by atoms with E-state index in [0.717, 1.165) is 36.6 Å². The second-order valence-corrected chi connectivity index (χ2v) is 7.44. The van der Waals surface area contributed by atoms with Crippen LogP contribution in [0.4, 0.5) is 0 Å². The Bertz CT molecular complexity index is 246. The Morgan fingerprint density at radius 1 is 1.00 bits per heavy atom. The van der Waals surface area contributed by atoms with Crippen molar-refractivity contribution >= 4 is 0 Å². The Morgan fingerprint density at radius 2 is 1.74 bits per heavy atom. The molecule has 0 amide bonds. The molecule has 0 aliphatic heterocycles. The summed E-state index contributed by atoms with van der Waals surface area (Å²) in [4.78, 5) is 0. The maximum absolute atomic E-state index is 9.54. The normalized spacial score (nSPS) is 36.6. The van der Waals surface area contributed by atoms with Crippen molar-refractivity contribution in [3.63, 3.8) is 0 Å². The van der Waals surface area contributed by atoms with Crippen molar-refractivity contribution in [1.82, 2.24) is 5.32 Å². The third-order valence-electron chi connectivity index (χ3n) is 5.10. The summed E-state index contributed by atoms with van der Waals surface area (Å²) in [5.74, 6) is 2.62. The fraction of sp³-hybridized carbons (Fsp3) is 1.00. The Labute approximate surface area is 119 Å². The first-order valence-electron chi connectivity index (χ1n) is 8.55. The molecule has 2 aliphatic carbocycles. The third-order valence-corrected chi connectivity index (χ3v) is 5.10. The fourth-order valence-electron chi connectivity index (χ4n) is 4.04. The predicted octanol–water partition coefficient (Wildman–Crippen LogP) is 3.73. The molecule has 2 aliphatic rings. The van der Waals surface area contributed by atoms with Crippen LogP contribution in [0.3, 0.4) is 0 Å². The molecule has 2 rings (SSSR count). The second-order valence-electron chi connectivity index (χ2n) is 7.44. The first kappa shape index (κ1) is 15.3. The van der Waals surface area contributed by atoms with Crippen LogP contribution in [0.15, 0.2) is 0 Å². The Morgan fingerprint density at radius 3 is 2.42 bits per heavy atom. The van der Waals surface area contributed by atoms with Crippen molar-refractivity contribution in [1.29, 1.82) is 0 Å². The number of hydrogen-bond acceptors (Lipinski definition) is 2. The van der Waals surface area contributed by atoms with Crippen molar-refractivity contribution in [2.45, 2.75) is 83.8 Å². The van der Waals surface area contributed by atoms with E-state index in [9.17, 15) is 5.11 Å². The molecule has 0 aromatic rings. The molecular formula is C17H33NO. The van der Waals surface area contributed by atoms with Crippen molar-refractivity contribution in [3.8, 4) is 0 Å². The number of aliphatic hydroxyl groups is 1. The lowest BCUT2D eigenvalue weighted by Crippen LogP contribution is -2.38. The lowest BCUT2D eigenvalue weighted by molar-refractivity contribution is 0.106. The molecule has 2 nitrogen and oxygen atoms in total. The van der Waals surface area contributed by atoms with Crippen LogP contribution in [0.2, 0.25) is 0 Å². The summed E-state index contributed by atoms with van der Waals surface area (Å²) < 4.78 is 0. The van der Waals surface area contributed by atoms with Gasteiger partial charge in [-0.15, -0.1) is 0 Å². The second kappa shape index (κ2) is 7.64. The summed E-state index contributed by atoms with van der Waals surface area (Å²) in [6.45, 7) is 5.89. The van der Waals surface area contributed by atoms with Gasteiger partial charge in [-0.05, 0) is 69.2 Å². The molecular weight excluding hydrogens is 234 g/mol. The van der Waals surface area contributed by atoms with Gasteiger partial charge in [0.05, 0.1) is 6.10 Å². The molecule has 0 aromatic heterocycles. The standard InChI is InChI=1S/C17H33NO/c1-13(2)10-15-4-3-5-16(11-15)18-12-14-6-8-17(19)9-7-14/h13-19H,3-12H2,1-2H3. The smallest absolute Gasteiger partial charge is 0.0540 e. The summed E-state index contributed by atoms with van der Waals surface area (Å²) in [5, 5.41) is 13.4. The van der Waals surface area contributed by atoms with Crippen LogP contribution in [0.25, 0.3) is 0 Å². The van der Waals surface area contributed by atoms with Crippen LogP contribution < -0.4 is 5.32 Å².